The van der Waals surface area contributed by atoms with Gasteiger partial charge in [-0.3, -0.25) is 0 Å². The van der Waals surface area contributed by atoms with Crippen LogP contribution in [-0.4, -0.2) is 15.0 Å². The maximum Gasteiger partial charge on any atom is 0.164 e. The van der Waals surface area contributed by atoms with Crippen molar-refractivity contribution < 1.29 is 4.42 Å². The number of hydrogen-bond donors (Lipinski definition) is 0. The second-order valence-corrected chi connectivity index (χ2v) is 19.0. The summed E-state index contributed by atoms with van der Waals surface area (Å²) in [6, 6.07) is 54.8. The number of hydrogen-bond acceptors (Lipinski definition) is 5. The molecule has 0 saturated heterocycles. The summed E-state index contributed by atoms with van der Waals surface area (Å²) in [7, 11) is 0. The van der Waals surface area contributed by atoms with Gasteiger partial charge in [-0.15, -0.1) is 11.3 Å². The zero-order valence-electron chi connectivity index (χ0n) is 32.9. The van der Waals surface area contributed by atoms with E-state index >= 15 is 0 Å². The van der Waals surface area contributed by atoms with E-state index in [2.05, 4.69) is 121 Å². The van der Waals surface area contributed by atoms with Crippen molar-refractivity contribution in [1.29, 1.82) is 0 Å². The van der Waals surface area contributed by atoms with Gasteiger partial charge in [0.05, 0.1) is 0 Å². The fraction of sp³-hybridized carbons (Fsp3) is 0.182. The third kappa shape index (κ3) is 4.59. The highest BCUT2D eigenvalue weighted by Crippen LogP contribution is 2.70. The zero-order chi connectivity index (χ0) is 39.1. The Kier molecular flexibility index (Phi) is 6.85. The molecule has 4 bridgehead atoms. The van der Waals surface area contributed by atoms with Crippen LogP contribution in [0.5, 0.6) is 0 Å². The molecule has 5 aliphatic carbocycles. The first-order valence-corrected chi connectivity index (χ1v) is 22.4. The Labute approximate surface area is 351 Å². The Morgan fingerprint density at radius 1 is 0.467 bits per heavy atom. The molecule has 0 atom stereocenters. The quantitative estimate of drug-likeness (QED) is 0.178. The van der Waals surface area contributed by atoms with Crippen LogP contribution < -0.4 is 0 Å². The number of fused-ring (bicyclic) bond motifs is 10. The van der Waals surface area contributed by atoms with Gasteiger partial charge in [-0.05, 0) is 102 Å². The molecule has 5 aliphatic rings. The highest BCUT2D eigenvalue weighted by molar-refractivity contribution is 7.26. The van der Waals surface area contributed by atoms with Crippen molar-refractivity contribution in [3.63, 3.8) is 0 Å². The van der Waals surface area contributed by atoms with E-state index in [4.69, 9.17) is 19.4 Å². The van der Waals surface area contributed by atoms with Gasteiger partial charge >= 0.3 is 0 Å². The molecule has 5 heteroatoms. The van der Waals surface area contributed by atoms with Gasteiger partial charge in [-0.1, -0.05) is 133 Å². The van der Waals surface area contributed by atoms with Crippen LogP contribution in [0.2, 0.25) is 0 Å². The van der Waals surface area contributed by atoms with Gasteiger partial charge in [0.2, 0.25) is 0 Å². The van der Waals surface area contributed by atoms with Crippen molar-refractivity contribution in [2.75, 3.05) is 0 Å². The van der Waals surface area contributed by atoms with E-state index in [0.29, 0.717) is 17.5 Å². The van der Waals surface area contributed by atoms with Gasteiger partial charge in [0.1, 0.15) is 11.2 Å². The summed E-state index contributed by atoms with van der Waals surface area (Å²) in [6.07, 6.45) is 7.06. The average Bonchev–Trinajstić information content (AvgIpc) is 3.96. The van der Waals surface area contributed by atoms with Crippen molar-refractivity contribution in [3.8, 4) is 56.4 Å². The molecule has 3 heterocycles. The summed E-state index contributed by atoms with van der Waals surface area (Å²) < 4.78 is 9.01. The van der Waals surface area contributed by atoms with Crippen LogP contribution in [0.1, 0.15) is 43.2 Å². The Hall–Kier alpha value is -6.43. The molecule has 0 radical (unpaired) electrons. The van der Waals surface area contributed by atoms with E-state index in [0.717, 1.165) is 73.4 Å². The Morgan fingerprint density at radius 2 is 1.10 bits per heavy atom. The summed E-state index contributed by atoms with van der Waals surface area (Å²) >= 11 is 1.90. The monoisotopic (exact) mass is 789 g/mol. The van der Waals surface area contributed by atoms with Crippen LogP contribution in [0, 0.1) is 23.7 Å². The van der Waals surface area contributed by atoms with Crippen molar-refractivity contribution in [3.05, 3.63) is 163 Å². The SMILES string of the molecule is c1ccc(-c2nc(-c3ccc(-c4cccc5c4oc4ccccc45)cc3)nc(-c3ccc4c(c3)sc3ccc5c(c34)-c3ccccc3C53C4CC5CC(C4)CC3C5)n2)cc1. The number of nitrogens with zero attached hydrogens (tertiary/aromatic N) is 3. The van der Waals surface area contributed by atoms with Crippen LogP contribution in [0.15, 0.2) is 156 Å². The molecule has 0 aliphatic heterocycles. The highest BCUT2D eigenvalue weighted by Gasteiger charge is 2.61. The second kappa shape index (κ2) is 12.3. The van der Waals surface area contributed by atoms with E-state index in [-0.39, 0.29) is 5.41 Å². The molecule has 4 fully saturated rings. The predicted octanol–water partition coefficient (Wildman–Crippen LogP) is 14.5. The van der Waals surface area contributed by atoms with E-state index in [9.17, 15) is 0 Å². The van der Waals surface area contributed by atoms with Crippen molar-refractivity contribution >= 4 is 53.4 Å². The molecule has 0 amide bonds. The first kappa shape index (κ1) is 33.4. The van der Waals surface area contributed by atoms with Gasteiger partial charge in [-0.25, -0.2) is 15.0 Å². The normalized spacial score (nSPS) is 22.4. The van der Waals surface area contributed by atoms with E-state index in [1.165, 1.54) is 63.4 Å². The predicted molar refractivity (Wildman–Crippen MR) is 245 cm³/mol. The highest BCUT2D eigenvalue weighted by atomic mass is 32.1. The molecule has 0 unspecified atom stereocenters. The molecule has 286 valence electrons. The minimum atomic E-state index is 0.163. The number of furan rings is 1. The molecule has 0 N–H and O–H groups in total. The summed E-state index contributed by atoms with van der Waals surface area (Å²) in [6.45, 7) is 0. The Morgan fingerprint density at radius 3 is 1.90 bits per heavy atom. The third-order valence-corrected chi connectivity index (χ3v) is 16.1. The lowest BCUT2D eigenvalue weighted by Gasteiger charge is -2.61. The molecule has 10 aromatic rings. The van der Waals surface area contributed by atoms with Crippen LogP contribution in [0.25, 0.3) is 98.5 Å². The van der Waals surface area contributed by atoms with Crippen LogP contribution in [0.3, 0.4) is 0 Å². The fourth-order valence-electron chi connectivity index (χ4n) is 12.8. The van der Waals surface area contributed by atoms with E-state index in [1.54, 1.807) is 11.1 Å². The van der Waals surface area contributed by atoms with Gasteiger partial charge in [0.25, 0.3) is 0 Å². The first-order chi connectivity index (χ1) is 29.7. The lowest BCUT2D eigenvalue weighted by molar-refractivity contribution is -0.0399. The van der Waals surface area contributed by atoms with Gasteiger partial charge in [-0.2, -0.15) is 0 Å². The molecule has 4 saturated carbocycles. The fourth-order valence-corrected chi connectivity index (χ4v) is 13.9. The van der Waals surface area contributed by atoms with Gasteiger partial charge in [0, 0.05) is 58.6 Å². The standard InChI is InChI=1S/C55H39N3OS/c1-2-9-34(10-3-1)52-56-53(35-19-17-33(18-20-35)39-13-8-14-41-40-11-5-7-16-46(40)59-51(39)41)58-54(57-52)36-21-22-43-48(30-36)60-47-24-23-45-49(50(43)47)42-12-4-6-15-44(42)55(45)37-26-31-25-32(28-37)29-38(55)27-31/h1-24,30-32,37-38H,25-29H2. The number of aromatic nitrogens is 3. The maximum atomic E-state index is 6.38. The molecular weight excluding hydrogens is 751 g/mol. The lowest BCUT2D eigenvalue weighted by Crippen LogP contribution is -2.55. The molecule has 60 heavy (non-hydrogen) atoms. The minimum Gasteiger partial charge on any atom is -0.455 e. The molecule has 1 spiro atoms. The lowest BCUT2D eigenvalue weighted by atomic mass is 9.43. The van der Waals surface area contributed by atoms with Gasteiger partial charge < -0.3 is 4.42 Å². The average molecular weight is 790 g/mol. The van der Waals surface area contributed by atoms with Crippen molar-refractivity contribution in [2.24, 2.45) is 23.7 Å². The minimum absolute atomic E-state index is 0.163. The van der Waals surface area contributed by atoms with Crippen molar-refractivity contribution in [2.45, 2.75) is 37.5 Å². The molecular formula is C55H39N3OS. The van der Waals surface area contributed by atoms with Crippen LogP contribution in [-0.2, 0) is 5.41 Å². The molecule has 15 rings (SSSR count). The summed E-state index contributed by atoms with van der Waals surface area (Å²) in [4.78, 5) is 15.4. The van der Waals surface area contributed by atoms with Crippen molar-refractivity contribution in [1.82, 2.24) is 15.0 Å². The Bertz CT molecular complexity index is 3370. The van der Waals surface area contributed by atoms with Crippen LogP contribution >= 0.6 is 11.3 Å². The van der Waals surface area contributed by atoms with Gasteiger partial charge in [0.15, 0.2) is 17.5 Å². The first-order valence-electron chi connectivity index (χ1n) is 21.6. The number of para-hydroxylation sites is 2. The molecule has 4 nitrogen and oxygen atoms in total. The topological polar surface area (TPSA) is 51.8 Å². The molecule has 7 aromatic carbocycles. The van der Waals surface area contributed by atoms with E-state index in [1.807, 2.05) is 41.7 Å². The Balaban J connectivity index is 0.892. The largest absolute Gasteiger partial charge is 0.455 e. The smallest absolute Gasteiger partial charge is 0.164 e. The summed E-state index contributed by atoms with van der Waals surface area (Å²) in [5, 5.41) is 5.01. The van der Waals surface area contributed by atoms with E-state index < -0.39 is 0 Å². The molecule has 3 aromatic heterocycles. The summed E-state index contributed by atoms with van der Waals surface area (Å²) in [5.74, 6) is 5.36. The number of rotatable bonds is 4. The maximum absolute atomic E-state index is 6.38. The third-order valence-electron chi connectivity index (χ3n) is 14.9. The number of benzene rings is 7. The number of thiophene rings is 1. The zero-order valence-corrected chi connectivity index (χ0v) is 33.8. The second-order valence-electron chi connectivity index (χ2n) is 17.9. The van der Waals surface area contributed by atoms with Crippen LogP contribution in [0.4, 0.5) is 0 Å². The summed E-state index contributed by atoms with van der Waals surface area (Å²) in [5.41, 5.74) is 13.2.